The van der Waals surface area contributed by atoms with Crippen LogP contribution >= 0.6 is 11.6 Å². The monoisotopic (exact) mass is 274 g/mol. The van der Waals surface area contributed by atoms with E-state index in [0.29, 0.717) is 24.9 Å². The second-order valence-corrected chi connectivity index (χ2v) is 5.57. The van der Waals surface area contributed by atoms with Crippen molar-refractivity contribution >= 4 is 17.5 Å². The van der Waals surface area contributed by atoms with Crippen molar-refractivity contribution < 1.29 is 9.53 Å². The first-order chi connectivity index (χ1) is 8.79. The summed E-state index contributed by atoms with van der Waals surface area (Å²) in [7, 11) is 0. The van der Waals surface area contributed by atoms with Gasteiger partial charge in [0.1, 0.15) is 0 Å². The first kappa shape index (κ1) is 14.1. The molecule has 5 heteroatoms. The van der Waals surface area contributed by atoms with Gasteiger partial charge in [-0.3, -0.25) is 9.69 Å². The molecule has 1 amide bonds. The SMILES string of the molecule is O=C(CCCCCl)NCC1CN2CCCC2CO1. The summed E-state index contributed by atoms with van der Waals surface area (Å²) in [5, 5.41) is 2.96. The number of unbranched alkanes of at least 4 members (excludes halogenated alkanes) is 1. The van der Waals surface area contributed by atoms with Gasteiger partial charge in [0.05, 0.1) is 12.7 Å². The second kappa shape index (κ2) is 7.31. The van der Waals surface area contributed by atoms with Gasteiger partial charge in [0.2, 0.25) is 5.91 Å². The third-order valence-electron chi connectivity index (χ3n) is 3.78. The quantitative estimate of drug-likeness (QED) is 0.588. The number of ether oxygens (including phenoxy) is 1. The number of hydrogen-bond donors (Lipinski definition) is 1. The van der Waals surface area contributed by atoms with Crippen molar-refractivity contribution in [1.29, 1.82) is 0 Å². The topological polar surface area (TPSA) is 41.6 Å². The van der Waals surface area contributed by atoms with Crippen LogP contribution in [0.5, 0.6) is 0 Å². The molecule has 0 bridgehead atoms. The summed E-state index contributed by atoms with van der Waals surface area (Å²) in [5.41, 5.74) is 0. The summed E-state index contributed by atoms with van der Waals surface area (Å²) in [4.78, 5) is 14.1. The molecule has 0 aromatic carbocycles. The Morgan fingerprint density at radius 1 is 1.44 bits per heavy atom. The Morgan fingerprint density at radius 3 is 3.17 bits per heavy atom. The van der Waals surface area contributed by atoms with E-state index >= 15 is 0 Å². The molecule has 1 N–H and O–H groups in total. The Morgan fingerprint density at radius 2 is 2.33 bits per heavy atom. The molecule has 2 aliphatic heterocycles. The molecule has 18 heavy (non-hydrogen) atoms. The van der Waals surface area contributed by atoms with E-state index < -0.39 is 0 Å². The highest BCUT2D eigenvalue weighted by atomic mass is 35.5. The highest BCUT2D eigenvalue weighted by Gasteiger charge is 2.32. The summed E-state index contributed by atoms with van der Waals surface area (Å²) in [6, 6.07) is 0.626. The van der Waals surface area contributed by atoms with Crippen LogP contribution in [0.4, 0.5) is 0 Å². The summed E-state index contributed by atoms with van der Waals surface area (Å²) >= 11 is 5.58. The van der Waals surface area contributed by atoms with E-state index in [9.17, 15) is 4.79 Å². The number of amides is 1. The molecule has 0 radical (unpaired) electrons. The maximum absolute atomic E-state index is 11.6. The molecule has 2 aliphatic rings. The van der Waals surface area contributed by atoms with Crippen LogP contribution in [0.2, 0.25) is 0 Å². The zero-order chi connectivity index (χ0) is 12.8. The fourth-order valence-electron chi connectivity index (χ4n) is 2.71. The molecule has 104 valence electrons. The fraction of sp³-hybridized carbons (Fsp3) is 0.923. The Hall–Kier alpha value is -0.320. The summed E-state index contributed by atoms with van der Waals surface area (Å²) in [6.45, 7) is 3.62. The van der Waals surface area contributed by atoms with Crippen LogP contribution in [0.3, 0.4) is 0 Å². The largest absolute Gasteiger partial charge is 0.373 e. The lowest BCUT2D eigenvalue weighted by Crippen LogP contribution is -2.50. The Kier molecular flexibility index (Phi) is 5.73. The molecule has 2 heterocycles. The molecule has 2 atom stereocenters. The maximum Gasteiger partial charge on any atom is 0.220 e. The number of nitrogens with one attached hydrogen (secondary N) is 1. The van der Waals surface area contributed by atoms with E-state index in [0.717, 1.165) is 26.0 Å². The minimum absolute atomic E-state index is 0.118. The average molecular weight is 275 g/mol. The van der Waals surface area contributed by atoms with Crippen LogP contribution in [0.15, 0.2) is 0 Å². The van der Waals surface area contributed by atoms with Crippen molar-refractivity contribution in [2.24, 2.45) is 0 Å². The van der Waals surface area contributed by atoms with Crippen molar-refractivity contribution in [3.8, 4) is 0 Å². The molecular weight excluding hydrogens is 252 g/mol. The number of carbonyl (C=O) groups is 1. The van der Waals surface area contributed by atoms with Gasteiger partial charge < -0.3 is 10.1 Å². The van der Waals surface area contributed by atoms with E-state index in [-0.39, 0.29) is 12.0 Å². The number of hydrogen-bond acceptors (Lipinski definition) is 3. The second-order valence-electron chi connectivity index (χ2n) is 5.20. The van der Waals surface area contributed by atoms with Gasteiger partial charge >= 0.3 is 0 Å². The number of alkyl halides is 1. The minimum Gasteiger partial charge on any atom is -0.373 e. The van der Waals surface area contributed by atoms with E-state index in [1.165, 1.54) is 19.4 Å². The van der Waals surface area contributed by atoms with Crippen LogP contribution in [0.25, 0.3) is 0 Å². The van der Waals surface area contributed by atoms with Gasteiger partial charge in [0.15, 0.2) is 0 Å². The molecule has 0 aromatic rings. The molecule has 2 unspecified atom stereocenters. The Labute approximate surface area is 114 Å². The Balaban J connectivity index is 1.60. The van der Waals surface area contributed by atoms with Gasteiger partial charge in [0, 0.05) is 31.4 Å². The fourth-order valence-corrected chi connectivity index (χ4v) is 2.89. The molecule has 4 nitrogen and oxygen atoms in total. The predicted molar refractivity (Wildman–Crippen MR) is 71.9 cm³/mol. The van der Waals surface area contributed by atoms with Gasteiger partial charge in [-0.1, -0.05) is 0 Å². The normalized spacial score (nSPS) is 28.1. The number of halogens is 1. The standard InChI is InChI=1S/C13H23ClN2O2/c14-6-2-1-5-13(17)15-8-12-9-16-7-3-4-11(16)10-18-12/h11-12H,1-10H2,(H,15,17). The van der Waals surface area contributed by atoms with Crippen molar-refractivity contribution in [3.63, 3.8) is 0 Å². The van der Waals surface area contributed by atoms with Gasteiger partial charge in [-0.25, -0.2) is 0 Å². The van der Waals surface area contributed by atoms with Gasteiger partial charge in [0.25, 0.3) is 0 Å². The van der Waals surface area contributed by atoms with E-state index in [4.69, 9.17) is 16.3 Å². The third-order valence-corrected chi connectivity index (χ3v) is 4.04. The van der Waals surface area contributed by atoms with Crippen LogP contribution in [-0.4, -0.2) is 55.1 Å². The zero-order valence-electron chi connectivity index (χ0n) is 10.9. The van der Waals surface area contributed by atoms with Crippen molar-refractivity contribution in [3.05, 3.63) is 0 Å². The van der Waals surface area contributed by atoms with Crippen molar-refractivity contribution in [1.82, 2.24) is 10.2 Å². The van der Waals surface area contributed by atoms with Gasteiger partial charge in [-0.15, -0.1) is 11.6 Å². The summed E-state index contributed by atoms with van der Waals surface area (Å²) < 4.78 is 5.79. The van der Waals surface area contributed by atoms with Crippen LogP contribution < -0.4 is 5.32 Å². The molecule has 0 saturated carbocycles. The van der Waals surface area contributed by atoms with E-state index in [1.54, 1.807) is 0 Å². The molecular formula is C13H23ClN2O2. The van der Waals surface area contributed by atoms with Crippen LogP contribution in [-0.2, 0) is 9.53 Å². The number of rotatable bonds is 6. The number of morpholine rings is 1. The molecule has 0 aromatic heterocycles. The highest BCUT2D eigenvalue weighted by Crippen LogP contribution is 2.22. The lowest BCUT2D eigenvalue weighted by atomic mass is 10.2. The smallest absolute Gasteiger partial charge is 0.220 e. The lowest BCUT2D eigenvalue weighted by molar-refractivity contribution is -0.122. The molecule has 0 aliphatic carbocycles. The van der Waals surface area contributed by atoms with E-state index in [1.807, 2.05) is 0 Å². The minimum atomic E-state index is 0.118. The molecule has 0 spiro atoms. The highest BCUT2D eigenvalue weighted by molar-refractivity contribution is 6.17. The number of carbonyl (C=O) groups excluding carboxylic acids is 1. The number of nitrogens with zero attached hydrogens (tertiary/aromatic N) is 1. The third kappa shape index (κ3) is 4.11. The van der Waals surface area contributed by atoms with Crippen LogP contribution in [0, 0.1) is 0 Å². The van der Waals surface area contributed by atoms with Gasteiger partial charge in [-0.05, 0) is 32.2 Å². The number of fused-ring (bicyclic) bond motifs is 1. The predicted octanol–water partition coefficient (Wildman–Crippen LogP) is 1.37. The van der Waals surface area contributed by atoms with Gasteiger partial charge in [-0.2, -0.15) is 0 Å². The first-order valence-corrected chi connectivity index (χ1v) is 7.51. The maximum atomic E-state index is 11.6. The zero-order valence-corrected chi connectivity index (χ0v) is 11.6. The molecule has 2 saturated heterocycles. The molecule has 2 rings (SSSR count). The van der Waals surface area contributed by atoms with Crippen LogP contribution in [0.1, 0.15) is 32.1 Å². The molecule has 2 fully saturated rings. The summed E-state index contributed by atoms with van der Waals surface area (Å²) in [6.07, 6.45) is 5.06. The van der Waals surface area contributed by atoms with E-state index in [2.05, 4.69) is 10.2 Å². The summed E-state index contributed by atoms with van der Waals surface area (Å²) in [5.74, 6) is 0.752. The lowest BCUT2D eigenvalue weighted by Gasteiger charge is -2.35. The first-order valence-electron chi connectivity index (χ1n) is 6.98. The van der Waals surface area contributed by atoms with Crippen molar-refractivity contribution in [2.75, 3.05) is 32.1 Å². The van der Waals surface area contributed by atoms with Crippen molar-refractivity contribution in [2.45, 2.75) is 44.2 Å². The average Bonchev–Trinajstić information content (AvgIpc) is 2.84. The Bertz CT molecular complexity index is 276.